The van der Waals surface area contributed by atoms with E-state index in [9.17, 15) is 67.4 Å². The number of carboxylic acids is 1. The summed E-state index contributed by atoms with van der Waals surface area (Å²) in [6, 6.07) is -1.15. The second-order valence-corrected chi connectivity index (χ2v) is 28.1. The third kappa shape index (κ3) is 35.8. The molecule has 0 radical (unpaired) electrons. The number of thiol groups is 1. The van der Waals surface area contributed by atoms with Crippen LogP contribution in [0.4, 0.5) is 0 Å². The average Bonchev–Trinajstić information content (AvgIpc) is 1.69. The van der Waals surface area contributed by atoms with Gasteiger partial charge in [0.25, 0.3) is 0 Å². The Hall–Kier alpha value is -10.5. The van der Waals surface area contributed by atoms with E-state index >= 15 is 0 Å². The van der Waals surface area contributed by atoms with Gasteiger partial charge in [-0.15, -0.1) is 0 Å². The largest absolute Gasteiger partial charge is 0.480 e. The van der Waals surface area contributed by atoms with Crippen molar-refractivity contribution >= 4 is 130 Å². The summed E-state index contributed by atoms with van der Waals surface area (Å²) in [4.78, 5) is 198. The number of benzene rings is 2. The molecule has 0 spiro atoms. The molecule has 616 valence electrons. The number of aromatic amines is 1. The maximum absolute atomic E-state index is 14.9. The average molecular weight is 1590 g/mol. The quantitative estimate of drug-likeness (QED) is 0.0108. The second kappa shape index (κ2) is 51.0. The van der Waals surface area contributed by atoms with Crippen LogP contribution in [0.25, 0.3) is 10.9 Å². The molecule has 3 aromatic rings. The number of nitrogens with two attached hydrogens (primary N) is 10. The third-order valence-corrected chi connectivity index (χ3v) is 18.4. The van der Waals surface area contributed by atoms with Gasteiger partial charge in [-0.2, -0.15) is 24.4 Å². The molecule has 0 aliphatic carbocycles. The lowest BCUT2D eigenvalue weighted by Crippen LogP contribution is -2.61. The van der Waals surface area contributed by atoms with Gasteiger partial charge in [-0.3, -0.25) is 72.5 Å². The number of guanidine groups is 3. The smallest absolute Gasteiger partial charge is 0.326 e. The Morgan fingerprint density at radius 1 is 0.450 bits per heavy atom. The molecule has 0 aliphatic heterocycles. The standard InChI is InChI=1S/C70H115N25O14S2/c1-38(2)55(66(107)91-50(67(108)109)25-16-31-83-70(79)80)95-62(103)46(22-11-13-28-72)86-59(100)47(23-14-29-81-68(75)76)88-61(102)49(26-32-111-4)90-65(106)53(35-54(74)96)94-60(101)48(24-15-30-82-69(77)78)87-58(99)45(21-10-12-27-71)89-64(105)52(34-41-36-84-44-20-9-8-19-42(41)44)92-56(97)39(3)85-63(104)51(93-57(98)43(73)37-110)33-40-17-6-5-7-18-40/h5-9,17-20,36,38-39,43,45-53,55,84,110H,10-16,21-35,37,71-73H2,1-4H3,(H2,74,96)(H,85,104)(H,86,100)(H,87,99)(H,88,102)(H,89,105)(H,90,106)(H,91,107)(H,92,97)(H,93,98)(H,94,101)(H,95,103)(H,108,109)(H4,75,76,81)(H4,77,78,82)(H4,79,80,83)/t39-,43-,45-,46-,47-,48-,49-,50-,51-,52-,53-,55-/m0/s1. The highest BCUT2D eigenvalue weighted by molar-refractivity contribution is 7.98. The molecule has 0 saturated carbocycles. The van der Waals surface area contributed by atoms with Crippen LogP contribution in [-0.4, -0.2) is 228 Å². The zero-order valence-corrected chi connectivity index (χ0v) is 65.0. The molecule has 41 heteroatoms. The molecule has 0 unspecified atom stereocenters. The van der Waals surface area contributed by atoms with Crippen LogP contribution in [0.2, 0.25) is 0 Å². The highest BCUT2D eigenvalue weighted by Crippen LogP contribution is 2.21. The van der Waals surface area contributed by atoms with Gasteiger partial charge in [-0.1, -0.05) is 62.4 Å². The van der Waals surface area contributed by atoms with Crippen LogP contribution >= 0.6 is 24.4 Å². The molecule has 0 aliphatic rings. The number of aromatic nitrogens is 1. The molecule has 1 aromatic heterocycles. The van der Waals surface area contributed by atoms with Crippen LogP contribution in [-0.2, 0) is 75.2 Å². The number of carbonyl (C=O) groups excluding carboxylic acids is 12. The van der Waals surface area contributed by atoms with E-state index in [0.29, 0.717) is 34.9 Å². The SMILES string of the molecule is CSCC[C@H](NC(=O)[C@H](CC(N)=O)NC(=O)[C@H](CCCN=C(N)N)NC(=O)[C@H](CCCCN)NC(=O)[C@H](Cc1c[nH]c2ccccc12)NC(=O)[C@H](C)NC(=O)[C@H](Cc1ccccc1)NC(=O)[C@@H](N)CS)C(=O)N[C@@H](CCCN=C(N)N)C(=O)N[C@@H](CCCCN)C(=O)N[C@H](C(=O)N[C@@H](CCCN=C(N)N)C(=O)O)C(C)C. The van der Waals surface area contributed by atoms with Crippen molar-refractivity contribution in [2.24, 2.45) is 78.2 Å². The monoisotopic (exact) mass is 1590 g/mol. The Bertz CT molecular complexity index is 3630. The number of H-pyrrole nitrogens is 1. The number of nitrogens with one attached hydrogen (secondary N) is 12. The normalized spacial score (nSPS) is 14.3. The molecule has 2 aromatic carbocycles. The number of primary amides is 1. The number of amides is 12. The number of thioether (sulfide) groups is 1. The van der Waals surface area contributed by atoms with Crippen molar-refractivity contribution < 1.29 is 67.4 Å². The molecule has 3 rings (SSSR count). The highest BCUT2D eigenvalue weighted by atomic mass is 32.2. The van der Waals surface area contributed by atoms with Crippen LogP contribution in [0.5, 0.6) is 0 Å². The van der Waals surface area contributed by atoms with Crippen LogP contribution in [0.3, 0.4) is 0 Å². The lowest BCUT2D eigenvalue weighted by molar-refractivity contribution is -0.143. The lowest BCUT2D eigenvalue weighted by atomic mass is 10.0. The summed E-state index contributed by atoms with van der Waals surface area (Å²) < 4.78 is 0. The number of carbonyl (C=O) groups is 13. The van der Waals surface area contributed by atoms with E-state index in [1.165, 1.54) is 18.7 Å². The first-order valence-electron chi connectivity index (χ1n) is 36.6. The molecule has 0 saturated heterocycles. The number of para-hydroxylation sites is 1. The Labute approximate surface area is 654 Å². The zero-order chi connectivity index (χ0) is 82.7. The zero-order valence-electron chi connectivity index (χ0n) is 63.3. The maximum Gasteiger partial charge on any atom is 0.326 e. The van der Waals surface area contributed by atoms with Gasteiger partial charge in [-0.05, 0) is 139 Å². The molecule has 111 heavy (non-hydrogen) atoms. The first-order valence-corrected chi connectivity index (χ1v) is 38.6. The van der Waals surface area contributed by atoms with E-state index in [0.717, 1.165) is 0 Å². The number of carboxylic acid groups (broad SMARTS) is 1. The van der Waals surface area contributed by atoms with Gasteiger partial charge >= 0.3 is 5.97 Å². The molecular weight excluding hydrogens is 1480 g/mol. The van der Waals surface area contributed by atoms with Gasteiger partial charge < -0.3 is 126 Å². The Kier molecular flexibility index (Phi) is 43.5. The van der Waals surface area contributed by atoms with Gasteiger partial charge in [0, 0.05) is 55.3 Å². The number of aliphatic carboxylic acids is 1. The fraction of sp³-hybridized carbons (Fsp3) is 0.571. The van der Waals surface area contributed by atoms with Crippen molar-refractivity contribution in [3.05, 3.63) is 71.9 Å². The van der Waals surface area contributed by atoms with Crippen LogP contribution < -0.4 is 116 Å². The summed E-state index contributed by atoms with van der Waals surface area (Å²) in [5.74, 6) is -13.5. The Balaban J connectivity index is 2.02. The maximum atomic E-state index is 14.9. The topological polar surface area (TPSA) is 688 Å². The molecule has 1 heterocycles. The predicted octanol–water partition coefficient (Wildman–Crippen LogP) is -5.65. The van der Waals surface area contributed by atoms with Crippen LogP contribution in [0, 0.1) is 5.92 Å². The van der Waals surface area contributed by atoms with E-state index in [-0.39, 0.29) is 146 Å². The lowest BCUT2D eigenvalue weighted by Gasteiger charge is -2.29. The summed E-state index contributed by atoms with van der Waals surface area (Å²) in [6.45, 7) is 4.92. The molecule has 12 amide bonds. The van der Waals surface area contributed by atoms with Crippen molar-refractivity contribution in [3.63, 3.8) is 0 Å². The molecule has 39 nitrogen and oxygen atoms in total. The number of nitrogens with zero attached hydrogens (tertiary/aromatic N) is 3. The summed E-state index contributed by atoms with van der Waals surface area (Å²) >= 11 is 5.38. The summed E-state index contributed by atoms with van der Waals surface area (Å²) in [6.07, 6.45) is 3.15. The number of hydrogen-bond donors (Lipinski definition) is 24. The summed E-state index contributed by atoms with van der Waals surface area (Å²) in [5.41, 5.74) is 58.4. The predicted molar refractivity (Wildman–Crippen MR) is 426 cm³/mol. The van der Waals surface area contributed by atoms with E-state index in [2.05, 4.69) is 91.1 Å². The van der Waals surface area contributed by atoms with E-state index in [1.807, 2.05) is 0 Å². The minimum absolute atomic E-state index is 0.00886. The minimum Gasteiger partial charge on any atom is -0.480 e. The van der Waals surface area contributed by atoms with Crippen molar-refractivity contribution in [2.45, 2.75) is 196 Å². The number of fused-ring (bicyclic) bond motifs is 1. The van der Waals surface area contributed by atoms with Crippen molar-refractivity contribution in [1.29, 1.82) is 0 Å². The first kappa shape index (κ1) is 94.7. The van der Waals surface area contributed by atoms with Crippen LogP contribution in [0.1, 0.15) is 122 Å². The fourth-order valence-corrected chi connectivity index (χ4v) is 11.9. The number of rotatable bonds is 54. The summed E-state index contributed by atoms with van der Waals surface area (Å²) in [5, 5.41) is 39.4. The van der Waals surface area contributed by atoms with E-state index in [4.69, 9.17) is 57.3 Å². The van der Waals surface area contributed by atoms with E-state index in [1.54, 1.807) is 80.9 Å². The Morgan fingerprint density at radius 2 is 0.838 bits per heavy atom. The van der Waals surface area contributed by atoms with Crippen molar-refractivity contribution in [1.82, 2.24) is 63.5 Å². The van der Waals surface area contributed by atoms with Gasteiger partial charge in [0.2, 0.25) is 70.9 Å². The molecular formula is C70H115N25O14S2. The van der Waals surface area contributed by atoms with E-state index < -0.39 is 162 Å². The first-order chi connectivity index (χ1) is 52.7. The van der Waals surface area contributed by atoms with Gasteiger partial charge in [-0.25, -0.2) is 4.79 Å². The van der Waals surface area contributed by atoms with Gasteiger partial charge in [0.05, 0.1) is 12.5 Å². The number of aliphatic imine (C=N–C) groups is 3. The Morgan fingerprint density at radius 3 is 1.29 bits per heavy atom. The second-order valence-electron chi connectivity index (χ2n) is 26.8. The molecule has 33 N–H and O–H groups in total. The minimum atomic E-state index is -1.85. The van der Waals surface area contributed by atoms with Crippen molar-refractivity contribution in [2.75, 3.05) is 50.5 Å². The number of unbranched alkanes of at least 4 members (excludes halogenated alkanes) is 2. The third-order valence-electron chi connectivity index (χ3n) is 17.3. The van der Waals surface area contributed by atoms with Crippen LogP contribution in [0.15, 0.2) is 75.8 Å². The summed E-state index contributed by atoms with van der Waals surface area (Å²) in [7, 11) is 0. The molecule has 0 fully saturated rings. The highest BCUT2D eigenvalue weighted by Gasteiger charge is 2.38. The molecule has 12 atom stereocenters. The fourth-order valence-electron chi connectivity index (χ4n) is 11.3. The van der Waals surface area contributed by atoms with Gasteiger partial charge in [0.15, 0.2) is 17.9 Å². The van der Waals surface area contributed by atoms with Crippen molar-refractivity contribution in [3.8, 4) is 0 Å². The van der Waals surface area contributed by atoms with Gasteiger partial charge in [0.1, 0.15) is 66.5 Å². The molecule has 0 bridgehead atoms. The number of hydrogen-bond acceptors (Lipinski definition) is 21.